The van der Waals surface area contributed by atoms with Crippen LogP contribution in [0.25, 0.3) is 0 Å². The molecule has 0 N–H and O–H groups in total. The molecule has 1 amide bonds. The molecule has 1 aromatic heterocycles. The Bertz CT molecular complexity index is 754. The lowest BCUT2D eigenvalue weighted by Crippen LogP contribution is -2.52. The third kappa shape index (κ3) is 3.91. The molecule has 27 heavy (non-hydrogen) atoms. The predicted molar refractivity (Wildman–Crippen MR) is 108 cm³/mol. The van der Waals surface area contributed by atoms with Crippen LogP contribution in [0.3, 0.4) is 0 Å². The Labute approximate surface area is 162 Å². The highest BCUT2D eigenvalue weighted by Gasteiger charge is 2.42. The van der Waals surface area contributed by atoms with E-state index in [1.165, 1.54) is 18.5 Å². The summed E-state index contributed by atoms with van der Waals surface area (Å²) in [5.41, 5.74) is 2.50. The summed E-state index contributed by atoms with van der Waals surface area (Å²) in [6, 6.07) is 14.7. The van der Waals surface area contributed by atoms with Gasteiger partial charge in [-0.05, 0) is 54.8 Å². The lowest BCUT2D eigenvalue weighted by molar-refractivity contribution is 0.0158. The van der Waals surface area contributed by atoms with E-state index in [1.54, 1.807) is 12.4 Å². The van der Waals surface area contributed by atoms with Gasteiger partial charge < -0.3 is 9.80 Å². The van der Waals surface area contributed by atoms with Crippen molar-refractivity contribution in [2.75, 3.05) is 32.7 Å². The minimum atomic E-state index is 0.126. The summed E-state index contributed by atoms with van der Waals surface area (Å²) in [6.45, 7) is 7.40. The molecule has 2 aliphatic rings. The molecule has 0 saturated carbocycles. The van der Waals surface area contributed by atoms with E-state index >= 15 is 0 Å². The maximum Gasteiger partial charge on any atom is 0.255 e. The Morgan fingerprint density at radius 2 is 1.93 bits per heavy atom. The zero-order chi connectivity index (χ0) is 18.7. The van der Waals surface area contributed by atoms with Gasteiger partial charge in [0.25, 0.3) is 5.91 Å². The predicted octanol–water partition coefficient (Wildman–Crippen LogP) is 3.81. The quantitative estimate of drug-likeness (QED) is 0.832. The third-order valence-corrected chi connectivity index (χ3v) is 6.46. The first-order valence-corrected chi connectivity index (χ1v) is 10.2. The number of amides is 1. The number of aromatic nitrogens is 1. The SMILES string of the molecule is CCN1C[C@H](c2ccccc2)CC2(CCN(C(=O)c3cccnc3)CC2)C1. The number of hydrogen-bond acceptors (Lipinski definition) is 3. The maximum atomic E-state index is 12.8. The molecule has 4 heteroatoms. The van der Waals surface area contributed by atoms with E-state index < -0.39 is 0 Å². The van der Waals surface area contributed by atoms with Crippen molar-refractivity contribution in [2.45, 2.75) is 32.1 Å². The molecule has 1 aromatic carbocycles. The molecule has 2 aliphatic heterocycles. The van der Waals surface area contributed by atoms with Crippen molar-refractivity contribution in [1.82, 2.24) is 14.8 Å². The molecular formula is C23H29N3O. The number of likely N-dealkylation sites (tertiary alicyclic amines) is 2. The van der Waals surface area contributed by atoms with Crippen LogP contribution in [0.5, 0.6) is 0 Å². The first-order valence-electron chi connectivity index (χ1n) is 10.2. The summed E-state index contributed by atoms with van der Waals surface area (Å²) in [5.74, 6) is 0.723. The van der Waals surface area contributed by atoms with Crippen LogP contribution in [0, 0.1) is 5.41 Å². The second-order valence-corrected chi connectivity index (χ2v) is 8.17. The van der Waals surface area contributed by atoms with Gasteiger partial charge in [-0.3, -0.25) is 9.78 Å². The number of carbonyl (C=O) groups excluding carboxylic acids is 1. The smallest absolute Gasteiger partial charge is 0.255 e. The summed E-state index contributed by atoms with van der Waals surface area (Å²) >= 11 is 0. The van der Waals surface area contributed by atoms with Crippen molar-refractivity contribution in [1.29, 1.82) is 0 Å². The van der Waals surface area contributed by atoms with Crippen LogP contribution >= 0.6 is 0 Å². The summed E-state index contributed by atoms with van der Waals surface area (Å²) in [5, 5.41) is 0. The third-order valence-electron chi connectivity index (χ3n) is 6.46. The molecule has 2 fully saturated rings. The van der Waals surface area contributed by atoms with Gasteiger partial charge >= 0.3 is 0 Å². The summed E-state index contributed by atoms with van der Waals surface area (Å²) in [6.07, 6.45) is 6.82. The Kier molecular flexibility index (Phi) is 5.26. The van der Waals surface area contributed by atoms with E-state index in [1.807, 2.05) is 17.0 Å². The van der Waals surface area contributed by atoms with E-state index in [2.05, 4.69) is 47.1 Å². The molecule has 0 radical (unpaired) electrons. The Morgan fingerprint density at radius 1 is 1.15 bits per heavy atom. The lowest BCUT2D eigenvalue weighted by atomic mass is 9.68. The van der Waals surface area contributed by atoms with Crippen LogP contribution in [-0.4, -0.2) is 53.4 Å². The molecule has 0 aliphatic carbocycles. The van der Waals surface area contributed by atoms with Crippen LogP contribution in [-0.2, 0) is 0 Å². The van der Waals surface area contributed by atoms with Crippen LogP contribution in [0.2, 0.25) is 0 Å². The molecule has 4 rings (SSSR count). The monoisotopic (exact) mass is 363 g/mol. The van der Waals surface area contributed by atoms with E-state index in [4.69, 9.17) is 0 Å². The second kappa shape index (κ2) is 7.81. The van der Waals surface area contributed by atoms with Crippen LogP contribution < -0.4 is 0 Å². The molecule has 1 atom stereocenters. The van der Waals surface area contributed by atoms with Gasteiger partial charge in [0.05, 0.1) is 5.56 Å². The normalized spacial score (nSPS) is 22.7. The van der Waals surface area contributed by atoms with Gasteiger partial charge in [0.2, 0.25) is 0 Å². The van der Waals surface area contributed by atoms with Crippen LogP contribution in [0.1, 0.15) is 48.0 Å². The molecule has 1 spiro atoms. The van der Waals surface area contributed by atoms with Gasteiger partial charge in [-0.1, -0.05) is 37.3 Å². The number of benzene rings is 1. The summed E-state index contributed by atoms with van der Waals surface area (Å²) < 4.78 is 0. The number of rotatable bonds is 3. The number of piperidine rings is 2. The first kappa shape index (κ1) is 18.2. The molecule has 2 aromatic rings. The standard InChI is InChI=1S/C23H29N3O/c1-2-25-17-21(19-7-4-3-5-8-19)15-23(18-25)10-13-26(14-11-23)22(27)20-9-6-12-24-16-20/h3-9,12,16,21H,2,10-11,13-15,17-18H2,1H3/t21-/m1/s1. The topological polar surface area (TPSA) is 36.4 Å². The molecular weight excluding hydrogens is 334 g/mol. The fourth-order valence-electron chi connectivity index (χ4n) is 4.91. The van der Waals surface area contributed by atoms with Gasteiger partial charge in [-0.15, -0.1) is 0 Å². The Balaban J connectivity index is 1.46. The van der Waals surface area contributed by atoms with Crippen molar-refractivity contribution >= 4 is 5.91 Å². The van der Waals surface area contributed by atoms with Crippen molar-refractivity contribution < 1.29 is 4.79 Å². The minimum Gasteiger partial charge on any atom is -0.339 e. The van der Waals surface area contributed by atoms with Gasteiger partial charge in [0, 0.05) is 38.6 Å². The molecule has 2 saturated heterocycles. The van der Waals surface area contributed by atoms with Crippen LogP contribution in [0.15, 0.2) is 54.9 Å². The lowest BCUT2D eigenvalue weighted by Gasteiger charge is -2.50. The average molecular weight is 364 g/mol. The zero-order valence-electron chi connectivity index (χ0n) is 16.2. The number of carbonyl (C=O) groups is 1. The highest BCUT2D eigenvalue weighted by Crippen LogP contribution is 2.45. The summed E-state index contributed by atoms with van der Waals surface area (Å²) in [7, 11) is 0. The number of hydrogen-bond donors (Lipinski definition) is 0. The second-order valence-electron chi connectivity index (χ2n) is 8.17. The van der Waals surface area contributed by atoms with Gasteiger partial charge in [-0.2, -0.15) is 0 Å². The van der Waals surface area contributed by atoms with Crippen molar-refractivity contribution in [3.05, 3.63) is 66.0 Å². The first-order chi connectivity index (χ1) is 13.2. The fourth-order valence-corrected chi connectivity index (χ4v) is 4.91. The molecule has 3 heterocycles. The van der Waals surface area contributed by atoms with E-state index in [0.29, 0.717) is 16.9 Å². The van der Waals surface area contributed by atoms with Crippen molar-refractivity contribution in [3.63, 3.8) is 0 Å². The van der Waals surface area contributed by atoms with Crippen molar-refractivity contribution in [3.8, 4) is 0 Å². The van der Waals surface area contributed by atoms with E-state index in [-0.39, 0.29) is 5.91 Å². The largest absolute Gasteiger partial charge is 0.339 e. The minimum absolute atomic E-state index is 0.126. The Hall–Kier alpha value is -2.20. The molecule has 4 nitrogen and oxygen atoms in total. The fraction of sp³-hybridized carbons (Fsp3) is 0.478. The maximum absolute atomic E-state index is 12.8. The van der Waals surface area contributed by atoms with E-state index in [0.717, 1.165) is 39.0 Å². The summed E-state index contributed by atoms with van der Waals surface area (Å²) in [4.78, 5) is 21.5. The highest BCUT2D eigenvalue weighted by atomic mass is 16.2. The Morgan fingerprint density at radius 3 is 2.59 bits per heavy atom. The molecule has 0 unspecified atom stereocenters. The van der Waals surface area contributed by atoms with Crippen molar-refractivity contribution in [2.24, 2.45) is 5.41 Å². The number of likely N-dealkylation sites (N-methyl/N-ethyl adjacent to an activating group) is 1. The highest BCUT2D eigenvalue weighted by molar-refractivity contribution is 5.93. The number of nitrogens with zero attached hydrogens (tertiary/aromatic N) is 3. The van der Waals surface area contributed by atoms with E-state index in [9.17, 15) is 4.79 Å². The van der Waals surface area contributed by atoms with Gasteiger partial charge in [-0.25, -0.2) is 0 Å². The molecule has 142 valence electrons. The average Bonchev–Trinajstić information content (AvgIpc) is 2.75. The van der Waals surface area contributed by atoms with Gasteiger partial charge in [0.1, 0.15) is 0 Å². The van der Waals surface area contributed by atoms with Gasteiger partial charge in [0.15, 0.2) is 0 Å². The zero-order valence-corrected chi connectivity index (χ0v) is 16.2. The molecule has 0 bridgehead atoms. The van der Waals surface area contributed by atoms with Crippen LogP contribution in [0.4, 0.5) is 0 Å². The number of pyridine rings is 1.